The predicted molar refractivity (Wildman–Crippen MR) is 140 cm³/mol. The number of sulfonamides is 1. The molecule has 2 aromatic rings. The Morgan fingerprint density at radius 3 is 2.43 bits per heavy atom. The summed E-state index contributed by atoms with van der Waals surface area (Å²) in [7, 11) is -2.52. The number of nitrogens with zero attached hydrogens (tertiary/aromatic N) is 1. The average Bonchev–Trinajstić information content (AvgIpc) is 2.88. The fourth-order valence-corrected chi connectivity index (χ4v) is 5.20. The van der Waals surface area contributed by atoms with Crippen LogP contribution in [0.15, 0.2) is 59.5 Å². The number of methoxy groups -OCH3 is 1. The molecule has 0 heterocycles. The molecule has 0 bridgehead atoms. The highest BCUT2D eigenvalue weighted by Gasteiger charge is 2.31. The van der Waals surface area contributed by atoms with Crippen LogP contribution in [0, 0.1) is 0 Å². The molecule has 0 fully saturated rings. The second-order valence-corrected chi connectivity index (χ2v) is 10.8. The van der Waals surface area contributed by atoms with Gasteiger partial charge in [-0.1, -0.05) is 56.2 Å². The molecule has 37 heavy (non-hydrogen) atoms. The summed E-state index contributed by atoms with van der Waals surface area (Å²) >= 11 is 0. The molecule has 5 N–H and O–H groups in total. The van der Waals surface area contributed by atoms with Gasteiger partial charge in [-0.05, 0) is 37.5 Å². The Labute approximate surface area is 219 Å². The number of amides is 1. The molecule has 10 nitrogen and oxygen atoms in total. The molecule has 4 atom stereocenters. The van der Waals surface area contributed by atoms with Gasteiger partial charge in [0.2, 0.25) is 10.0 Å². The van der Waals surface area contributed by atoms with Crippen LogP contribution in [0.1, 0.15) is 38.7 Å². The molecule has 206 valence electrons. The lowest BCUT2D eigenvalue weighted by Gasteiger charge is -2.30. The first kappa shape index (κ1) is 30.5. The lowest BCUT2D eigenvalue weighted by molar-refractivity contribution is 0.0113. The average molecular weight is 538 g/mol. The van der Waals surface area contributed by atoms with Crippen molar-refractivity contribution in [1.82, 2.24) is 9.62 Å². The lowest BCUT2D eigenvalue weighted by Crippen LogP contribution is -2.51. The second kappa shape index (κ2) is 14.9. The third kappa shape index (κ3) is 9.60. The highest BCUT2D eigenvalue weighted by atomic mass is 32.2. The van der Waals surface area contributed by atoms with Crippen LogP contribution in [0.2, 0.25) is 0 Å². The lowest BCUT2D eigenvalue weighted by atomic mass is 10.0. The Kier molecular flexibility index (Phi) is 12.3. The number of nitrogens with one attached hydrogen (secondary N) is 1. The van der Waals surface area contributed by atoms with Crippen LogP contribution < -0.4 is 15.8 Å². The summed E-state index contributed by atoms with van der Waals surface area (Å²) in [5.41, 5.74) is 6.19. The summed E-state index contributed by atoms with van der Waals surface area (Å²) in [6.07, 6.45) is -1.96. The van der Waals surface area contributed by atoms with Crippen LogP contribution >= 0.6 is 0 Å². The van der Waals surface area contributed by atoms with Gasteiger partial charge in [-0.25, -0.2) is 13.2 Å². The molecular weight excluding hydrogens is 498 g/mol. The van der Waals surface area contributed by atoms with Crippen LogP contribution in [0.4, 0.5) is 4.79 Å². The molecule has 1 unspecified atom stereocenters. The first-order valence-corrected chi connectivity index (χ1v) is 13.8. The van der Waals surface area contributed by atoms with E-state index in [9.17, 15) is 23.4 Å². The normalized spacial score (nSPS) is 15.0. The Bertz CT molecular complexity index is 1070. The third-order valence-electron chi connectivity index (χ3n) is 5.92. The van der Waals surface area contributed by atoms with Crippen molar-refractivity contribution < 1.29 is 32.9 Å². The summed E-state index contributed by atoms with van der Waals surface area (Å²) in [5, 5.41) is 23.3. The number of unbranched alkanes of at least 4 members (excludes halogenated alkanes) is 2. The van der Waals surface area contributed by atoms with Crippen molar-refractivity contribution in [3.8, 4) is 5.75 Å². The van der Waals surface area contributed by atoms with E-state index in [-0.39, 0.29) is 24.4 Å². The van der Waals surface area contributed by atoms with Crippen LogP contribution in [0.3, 0.4) is 0 Å². The Hall–Kier alpha value is -2.70. The van der Waals surface area contributed by atoms with Crippen molar-refractivity contribution in [2.45, 2.75) is 68.9 Å². The Morgan fingerprint density at radius 2 is 1.81 bits per heavy atom. The first-order chi connectivity index (χ1) is 17.6. The van der Waals surface area contributed by atoms with Crippen LogP contribution in [0.25, 0.3) is 0 Å². The van der Waals surface area contributed by atoms with Crippen LogP contribution in [0.5, 0.6) is 5.75 Å². The Balaban J connectivity index is 2.31. The van der Waals surface area contributed by atoms with Gasteiger partial charge in [-0.2, -0.15) is 4.31 Å². The third-order valence-corrected chi connectivity index (χ3v) is 7.78. The number of carbonyl (C=O) groups is 1. The maximum atomic E-state index is 13.6. The smallest absolute Gasteiger partial charge is 0.407 e. The largest absolute Gasteiger partial charge is 0.497 e. The number of hydrogen-bond acceptors (Lipinski definition) is 8. The van der Waals surface area contributed by atoms with Crippen molar-refractivity contribution in [3.63, 3.8) is 0 Å². The molecule has 0 aliphatic rings. The van der Waals surface area contributed by atoms with Crippen LogP contribution in [-0.2, 0) is 21.2 Å². The van der Waals surface area contributed by atoms with E-state index in [4.69, 9.17) is 15.2 Å². The number of rotatable bonds is 15. The van der Waals surface area contributed by atoms with Gasteiger partial charge in [0.25, 0.3) is 0 Å². The number of benzene rings is 2. The molecule has 2 rings (SSSR count). The van der Waals surface area contributed by atoms with Crippen molar-refractivity contribution >= 4 is 16.1 Å². The fourth-order valence-electron chi connectivity index (χ4n) is 3.67. The number of hydrogen-bond donors (Lipinski definition) is 4. The molecule has 0 radical (unpaired) electrons. The minimum Gasteiger partial charge on any atom is -0.497 e. The molecule has 0 saturated heterocycles. The van der Waals surface area contributed by atoms with Gasteiger partial charge < -0.3 is 30.7 Å². The summed E-state index contributed by atoms with van der Waals surface area (Å²) in [6.45, 7) is 3.39. The fraction of sp³-hybridized carbons (Fsp3) is 0.500. The van der Waals surface area contributed by atoms with E-state index in [0.29, 0.717) is 12.2 Å². The first-order valence-electron chi connectivity index (χ1n) is 12.4. The second-order valence-electron chi connectivity index (χ2n) is 8.86. The highest BCUT2D eigenvalue weighted by Crippen LogP contribution is 2.22. The predicted octanol–water partition coefficient (Wildman–Crippen LogP) is 2.24. The zero-order valence-corrected chi connectivity index (χ0v) is 22.4. The van der Waals surface area contributed by atoms with Crippen LogP contribution in [-0.4, -0.2) is 73.7 Å². The molecule has 0 aliphatic heterocycles. The molecule has 11 heteroatoms. The van der Waals surface area contributed by atoms with E-state index in [1.165, 1.54) is 30.5 Å². The number of carbonyl (C=O) groups excluding carboxylic acids is 1. The van der Waals surface area contributed by atoms with E-state index in [1.54, 1.807) is 12.1 Å². The van der Waals surface area contributed by atoms with Crippen molar-refractivity contribution in [1.29, 1.82) is 0 Å². The number of aliphatic hydroxyl groups excluding tert-OH is 2. The van der Waals surface area contributed by atoms with E-state index < -0.39 is 40.6 Å². The highest BCUT2D eigenvalue weighted by molar-refractivity contribution is 7.89. The van der Waals surface area contributed by atoms with Gasteiger partial charge in [-0.15, -0.1) is 0 Å². The van der Waals surface area contributed by atoms with Crippen molar-refractivity contribution in [2.24, 2.45) is 5.73 Å². The minimum atomic E-state index is -3.97. The van der Waals surface area contributed by atoms with Gasteiger partial charge in [0.1, 0.15) is 18.1 Å². The number of nitrogens with two attached hydrogens (primary N) is 1. The molecule has 0 aliphatic carbocycles. The summed E-state index contributed by atoms with van der Waals surface area (Å²) in [4.78, 5) is 12.5. The van der Waals surface area contributed by atoms with Gasteiger partial charge in [0.05, 0.1) is 24.2 Å². The number of ether oxygens (including phenoxy) is 2. The van der Waals surface area contributed by atoms with E-state index in [1.807, 2.05) is 37.3 Å². The molecule has 2 aromatic carbocycles. The zero-order valence-electron chi connectivity index (χ0n) is 21.6. The molecule has 0 saturated carbocycles. The Morgan fingerprint density at radius 1 is 1.11 bits per heavy atom. The van der Waals surface area contributed by atoms with E-state index in [0.717, 1.165) is 18.4 Å². The quantitative estimate of drug-likeness (QED) is 0.199. The standard InChI is InChI=1S/C26H39N3O7S/c1-4-5-9-15-29(37(33,34)22-14-10-13-21(17-22)35-3)18-24(30)23(16-20-11-7-6-8-12-20)28-26(32)36-19(2)25(27)31/h6-8,10-14,17,19,23-25,30-31H,4-5,9,15-16,18,27H2,1-3H3,(H,28,32)/t19-,23-,24+,25?/m0/s1. The zero-order chi connectivity index (χ0) is 27.4. The number of aliphatic hydroxyl groups is 2. The minimum absolute atomic E-state index is 0.0493. The maximum absolute atomic E-state index is 13.6. The summed E-state index contributed by atoms with van der Waals surface area (Å²) in [5.74, 6) is 0.401. The summed E-state index contributed by atoms with van der Waals surface area (Å²) in [6, 6.07) is 14.5. The molecular formula is C26H39N3O7S. The van der Waals surface area contributed by atoms with Crippen molar-refractivity contribution in [2.75, 3.05) is 20.2 Å². The van der Waals surface area contributed by atoms with E-state index >= 15 is 0 Å². The maximum Gasteiger partial charge on any atom is 0.407 e. The summed E-state index contributed by atoms with van der Waals surface area (Å²) < 4.78 is 38.6. The van der Waals surface area contributed by atoms with Gasteiger partial charge in [0, 0.05) is 19.2 Å². The molecule has 1 amide bonds. The molecule has 0 spiro atoms. The topological polar surface area (TPSA) is 151 Å². The SMILES string of the molecule is CCCCCN(C[C@@H](O)[C@H](Cc1ccccc1)NC(=O)O[C@@H](C)C(N)O)S(=O)(=O)c1cccc(OC)c1. The van der Waals surface area contributed by atoms with Crippen molar-refractivity contribution in [3.05, 3.63) is 60.2 Å². The molecule has 0 aromatic heterocycles. The monoisotopic (exact) mass is 537 g/mol. The number of alkyl carbamates (subject to hydrolysis) is 1. The van der Waals surface area contributed by atoms with Gasteiger partial charge >= 0.3 is 6.09 Å². The van der Waals surface area contributed by atoms with Gasteiger partial charge in [0.15, 0.2) is 0 Å². The van der Waals surface area contributed by atoms with E-state index in [2.05, 4.69) is 5.32 Å². The van der Waals surface area contributed by atoms with Gasteiger partial charge in [-0.3, -0.25) is 0 Å².